The van der Waals surface area contributed by atoms with Crippen LogP contribution in [0.4, 0.5) is 0 Å². The summed E-state index contributed by atoms with van der Waals surface area (Å²) in [6.45, 7) is 3.67. The van der Waals surface area contributed by atoms with Crippen molar-refractivity contribution in [2.24, 2.45) is 5.92 Å². The summed E-state index contributed by atoms with van der Waals surface area (Å²) in [5, 5.41) is 17.1. The van der Waals surface area contributed by atoms with E-state index in [1.165, 1.54) is 37.9 Å². The summed E-state index contributed by atoms with van der Waals surface area (Å²) in [7, 11) is 0. The average Bonchev–Trinajstić information content (AvgIpc) is 2.66. The smallest absolute Gasteiger partial charge is 0.306 e. The van der Waals surface area contributed by atoms with Crippen LogP contribution in [0.2, 0.25) is 0 Å². The summed E-state index contributed by atoms with van der Waals surface area (Å²) in [5.41, 5.74) is 1.30. The zero-order valence-corrected chi connectivity index (χ0v) is 14.7. The molecule has 1 N–H and O–H groups in total. The van der Waals surface area contributed by atoms with Gasteiger partial charge in [-0.05, 0) is 63.6 Å². The van der Waals surface area contributed by atoms with Crippen LogP contribution in [0.25, 0.3) is 32.3 Å². The third kappa shape index (κ3) is 2.82. The maximum Gasteiger partial charge on any atom is 0.306 e. The minimum Gasteiger partial charge on any atom is -0.481 e. The van der Waals surface area contributed by atoms with Crippen molar-refractivity contribution < 1.29 is 9.90 Å². The van der Waals surface area contributed by atoms with Gasteiger partial charge in [0.25, 0.3) is 0 Å². The SMILES string of the molecule is C=CCC(CCCc1ccc2ccc3cccc4ccc1c2c34)C(=O)O. The van der Waals surface area contributed by atoms with E-state index in [0.717, 1.165) is 12.8 Å². The monoisotopic (exact) mass is 342 g/mol. The van der Waals surface area contributed by atoms with Crippen molar-refractivity contribution in [1.29, 1.82) is 0 Å². The third-order valence-electron chi connectivity index (χ3n) is 5.42. The Hall–Kier alpha value is -2.87. The van der Waals surface area contributed by atoms with E-state index in [1.54, 1.807) is 6.08 Å². The fraction of sp³-hybridized carbons (Fsp3) is 0.208. The summed E-state index contributed by atoms with van der Waals surface area (Å²) in [5.74, 6) is -1.05. The Morgan fingerprint density at radius 1 is 0.962 bits per heavy atom. The van der Waals surface area contributed by atoms with Gasteiger partial charge in [-0.15, -0.1) is 6.58 Å². The second kappa shape index (κ2) is 6.80. The fourth-order valence-electron chi connectivity index (χ4n) is 4.10. The Balaban J connectivity index is 1.70. The predicted molar refractivity (Wildman–Crippen MR) is 109 cm³/mol. The first kappa shape index (κ1) is 16.6. The number of benzene rings is 4. The molecule has 0 aliphatic carbocycles. The first-order valence-electron chi connectivity index (χ1n) is 9.18. The first-order chi connectivity index (χ1) is 12.7. The molecule has 4 rings (SSSR count). The number of carboxylic acids is 1. The van der Waals surface area contributed by atoms with Crippen LogP contribution in [0.1, 0.15) is 24.8 Å². The topological polar surface area (TPSA) is 37.3 Å². The summed E-state index contributed by atoms with van der Waals surface area (Å²) < 4.78 is 0. The van der Waals surface area contributed by atoms with E-state index >= 15 is 0 Å². The van der Waals surface area contributed by atoms with Gasteiger partial charge < -0.3 is 5.11 Å². The lowest BCUT2D eigenvalue weighted by atomic mass is 9.89. The molecule has 0 aliphatic rings. The van der Waals surface area contributed by atoms with Gasteiger partial charge in [0, 0.05) is 0 Å². The molecule has 2 nitrogen and oxygen atoms in total. The van der Waals surface area contributed by atoms with E-state index < -0.39 is 5.97 Å². The standard InChI is InChI=1S/C24H22O2/c1-2-5-20(24(25)26)9-3-6-16-10-11-19-13-12-17-7-4-8-18-14-15-21(16)23(19)22(17)18/h2,4,7-8,10-15,20H,1,3,5-6,9H2,(H,25,26). The Kier molecular flexibility index (Phi) is 4.34. The van der Waals surface area contributed by atoms with Crippen LogP contribution in [0, 0.1) is 5.92 Å². The van der Waals surface area contributed by atoms with Crippen molar-refractivity contribution in [2.75, 3.05) is 0 Å². The van der Waals surface area contributed by atoms with Crippen molar-refractivity contribution in [3.63, 3.8) is 0 Å². The summed E-state index contributed by atoms with van der Waals surface area (Å²) in [6.07, 6.45) is 4.69. The van der Waals surface area contributed by atoms with Crippen LogP contribution in [-0.4, -0.2) is 11.1 Å². The van der Waals surface area contributed by atoms with Gasteiger partial charge in [0.15, 0.2) is 0 Å². The van der Waals surface area contributed by atoms with Crippen molar-refractivity contribution in [2.45, 2.75) is 25.7 Å². The molecule has 2 heteroatoms. The molecule has 0 aromatic heterocycles. The van der Waals surface area contributed by atoms with Crippen molar-refractivity contribution in [1.82, 2.24) is 0 Å². The van der Waals surface area contributed by atoms with Crippen molar-refractivity contribution in [3.8, 4) is 0 Å². The third-order valence-corrected chi connectivity index (χ3v) is 5.42. The van der Waals surface area contributed by atoms with Crippen LogP contribution in [0.3, 0.4) is 0 Å². The summed E-state index contributed by atoms with van der Waals surface area (Å²) in [6, 6.07) is 19.6. The Morgan fingerprint density at radius 3 is 2.31 bits per heavy atom. The van der Waals surface area contributed by atoms with Crippen LogP contribution < -0.4 is 0 Å². The largest absolute Gasteiger partial charge is 0.481 e. The second-order valence-corrected chi connectivity index (χ2v) is 7.03. The van der Waals surface area contributed by atoms with Crippen LogP contribution in [0.15, 0.2) is 67.3 Å². The van der Waals surface area contributed by atoms with Gasteiger partial charge in [-0.2, -0.15) is 0 Å². The predicted octanol–water partition coefficient (Wildman–Crippen LogP) is 6.18. The lowest BCUT2D eigenvalue weighted by molar-refractivity contribution is -0.141. The molecule has 0 bridgehead atoms. The molecular weight excluding hydrogens is 320 g/mol. The molecule has 26 heavy (non-hydrogen) atoms. The highest BCUT2D eigenvalue weighted by Crippen LogP contribution is 2.36. The molecule has 0 spiro atoms. The number of allylic oxidation sites excluding steroid dienone is 1. The number of carboxylic acid groups (broad SMARTS) is 1. The van der Waals surface area contributed by atoms with Crippen LogP contribution >= 0.6 is 0 Å². The Morgan fingerprint density at radius 2 is 1.62 bits per heavy atom. The number of hydrogen-bond acceptors (Lipinski definition) is 1. The van der Waals surface area contributed by atoms with E-state index in [0.29, 0.717) is 12.8 Å². The minimum absolute atomic E-state index is 0.327. The van der Waals surface area contributed by atoms with Gasteiger partial charge in [0.2, 0.25) is 0 Å². The van der Waals surface area contributed by atoms with E-state index in [9.17, 15) is 9.90 Å². The van der Waals surface area contributed by atoms with Gasteiger partial charge in [0.05, 0.1) is 5.92 Å². The molecule has 0 amide bonds. The number of hydrogen-bond donors (Lipinski definition) is 1. The van der Waals surface area contributed by atoms with Crippen LogP contribution in [-0.2, 0) is 11.2 Å². The van der Waals surface area contributed by atoms with E-state index in [4.69, 9.17) is 0 Å². The lowest BCUT2D eigenvalue weighted by Crippen LogP contribution is -2.13. The first-order valence-corrected chi connectivity index (χ1v) is 9.18. The highest BCUT2D eigenvalue weighted by Gasteiger charge is 2.16. The van der Waals surface area contributed by atoms with Gasteiger partial charge >= 0.3 is 5.97 Å². The van der Waals surface area contributed by atoms with Crippen molar-refractivity contribution in [3.05, 3.63) is 72.8 Å². The molecule has 1 atom stereocenters. The molecule has 0 heterocycles. The zero-order chi connectivity index (χ0) is 18.1. The normalized spacial score (nSPS) is 12.8. The molecule has 4 aromatic rings. The molecule has 0 fully saturated rings. The number of aliphatic carboxylic acids is 1. The Labute approximate surface area is 153 Å². The molecule has 0 radical (unpaired) electrons. The highest BCUT2D eigenvalue weighted by atomic mass is 16.4. The van der Waals surface area contributed by atoms with E-state index in [2.05, 4.69) is 61.2 Å². The average molecular weight is 342 g/mol. The molecule has 0 saturated heterocycles. The maximum atomic E-state index is 11.3. The van der Waals surface area contributed by atoms with E-state index in [-0.39, 0.29) is 5.92 Å². The van der Waals surface area contributed by atoms with E-state index in [1.807, 2.05) is 0 Å². The number of carbonyl (C=O) groups is 1. The molecule has 130 valence electrons. The van der Waals surface area contributed by atoms with Gasteiger partial charge in [-0.1, -0.05) is 60.7 Å². The highest BCUT2D eigenvalue weighted by molar-refractivity contribution is 6.23. The van der Waals surface area contributed by atoms with Gasteiger partial charge in [-0.25, -0.2) is 0 Å². The fourth-order valence-corrected chi connectivity index (χ4v) is 4.10. The molecule has 4 aromatic carbocycles. The Bertz CT molecular complexity index is 1080. The second-order valence-electron chi connectivity index (χ2n) is 7.03. The van der Waals surface area contributed by atoms with Gasteiger partial charge in [-0.3, -0.25) is 4.79 Å². The molecular formula is C24H22O2. The van der Waals surface area contributed by atoms with Gasteiger partial charge in [0.1, 0.15) is 0 Å². The molecule has 0 aliphatic heterocycles. The van der Waals surface area contributed by atoms with Crippen LogP contribution in [0.5, 0.6) is 0 Å². The summed E-state index contributed by atoms with van der Waals surface area (Å²) >= 11 is 0. The molecule has 0 saturated carbocycles. The zero-order valence-electron chi connectivity index (χ0n) is 14.7. The molecule has 1 unspecified atom stereocenters. The quantitative estimate of drug-likeness (QED) is 0.321. The summed E-state index contributed by atoms with van der Waals surface area (Å²) in [4.78, 5) is 11.3. The number of aryl methyl sites for hydroxylation is 1. The maximum absolute atomic E-state index is 11.3. The van der Waals surface area contributed by atoms with Crippen molar-refractivity contribution >= 4 is 38.3 Å². The number of rotatable bonds is 7. The lowest BCUT2D eigenvalue weighted by Gasteiger charge is -2.14. The minimum atomic E-state index is -0.722.